The molecule has 0 saturated carbocycles. The van der Waals surface area contributed by atoms with Crippen molar-refractivity contribution in [3.63, 3.8) is 0 Å². The summed E-state index contributed by atoms with van der Waals surface area (Å²) in [6, 6.07) is 7.08. The van der Waals surface area contributed by atoms with Gasteiger partial charge in [-0.05, 0) is 24.1 Å². The lowest BCUT2D eigenvalue weighted by atomic mass is 10.2. The minimum absolute atomic E-state index is 0. The SMILES string of the molecule is COc1cccc(CS(=O)(=O)N2CC[C@@H](N)C2)c1.Cl. The van der Waals surface area contributed by atoms with Crippen LogP contribution in [-0.4, -0.2) is 39.0 Å². The molecule has 0 radical (unpaired) electrons. The van der Waals surface area contributed by atoms with Crippen LogP contribution >= 0.6 is 12.4 Å². The number of methoxy groups -OCH3 is 1. The van der Waals surface area contributed by atoms with Gasteiger partial charge in [-0.3, -0.25) is 0 Å². The molecular weight excluding hydrogens is 288 g/mol. The van der Waals surface area contributed by atoms with Crippen molar-refractivity contribution in [1.82, 2.24) is 4.31 Å². The van der Waals surface area contributed by atoms with E-state index in [2.05, 4.69) is 0 Å². The maximum absolute atomic E-state index is 12.2. The molecule has 2 N–H and O–H groups in total. The second-order valence-electron chi connectivity index (χ2n) is 4.51. The van der Waals surface area contributed by atoms with Gasteiger partial charge in [0.15, 0.2) is 0 Å². The lowest BCUT2D eigenvalue weighted by Crippen LogP contribution is -2.32. The van der Waals surface area contributed by atoms with Crippen LogP contribution in [0.2, 0.25) is 0 Å². The summed E-state index contributed by atoms with van der Waals surface area (Å²) < 4.78 is 30.9. The monoisotopic (exact) mass is 306 g/mol. The third kappa shape index (κ3) is 4.07. The van der Waals surface area contributed by atoms with Crippen molar-refractivity contribution in [2.45, 2.75) is 18.2 Å². The number of hydrogen-bond donors (Lipinski definition) is 1. The highest BCUT2D eigenvalue weighted by atomic mass is 35.5. The highest BCUT2D eigenvalue weighted by Gasteiger charge is 2.29. The largest absolute Gasteiger partial charge is 0.497 e. The Morgan fingerprint density at radius 3 is 2.79 bits per heavy atom. The second kappa shape index (κ2) is 6.56. The summed E-state index contributed by atoms with van der Waals surface area (Å²) in [7, 11) is -1.71. The van der Waals surface area contributed by atoms with Crippen LogP contribution in [0.25, 0.3) is 0 Å². The molecule has 1 saturated heterocycles. The van der Waals surface area contributed by atoms with Crippen LogP contribution in [0.15, 0.2) is 24.3 Å². The molecule has 0 aliphatic carbocycles. The molecule has 0 amide bonds. The number of sulfonamides is 1. The van der Waals surface area contributed by atoms with Crippen molar-refractivity contribution >= 4 is 22.4 Å². The van der Waals surface area contributed by atoms with Crippen LogP contribution in [0.4, 0.5) is 0 Å². The van der Waals surface area contributed by atoms with Crippen molar-refractivity contribution in [3.8, 4) is 5.75 Å². The van der Waals surface area contributed by atoms with Crippen molar-refractivity contribution in [3.05, 3.63) is 29.8 Å². The van der Waals surface area contributed by atoms with Gasteiger partial charge in [-0.1, -0.05) is 12.1 Å². The molecule has 1 heterocycles. The summed E-state index contributed by atoms with van der Waals surface area (Å²) in [4.78, 5) is 0. The lowest BCUT2D eigenvalue weighted by Gasteiger charge is -2.16. The van der Waals surface area contributed by atoms with Gasteiger partial charge in [0.25, 0.3) is 0 Å². The Bertz CT molecular complexity index is 521. The Labute approximate surface area is 120 Å². The highest BCUT2D eigenvalue weighted by molar-refractivity contribution is 7.88. The predicted molar refractivity (Wildman–Crippen MR) is 77.0 cm³/mol. The molecule has 1 aromatic rings. The minimum Gasteiger partial charge on any atom is -0.497 e. The van der Waals surface area contributed by atoms with E-state index >= 15 is 0 Å². The lowest BCUT2D eigenvalue weighted by molar-refractivity contribution is 0.414. The van der Waals surface area contributed by atoms with E-state index in [0.29, 0.717) is 18.8 Å². The maximum Gasteiger partial charge on any atom is 0.218 e. The average Bonchev–Trinajstić information content (AvgIpc) is 2.76. The first-order valence-corrected chi connectivity index (χ1v) is 7.48. The van der Waals surface area contributed by atoms with Crippen molar-refractivity contribution in [2.75, 3.05) is 20.2 Å². The minimum atomic E-state index is -3.27. The topological polar surface area (TPSA) is 72.6 Å². The fourth-order valence-corrected chi connectivity index (χ4v) is 3.66. The molecule has 108 valence electrons. The summed E-state index contributed by atoms with van der Waals surface area (Å²) in [6.07, 6.45) is 0.733. The fraction of sp³-hybridized carbons (Fsp3) is 0.500. The Balaban J connectivity index is 0.00000180. The van der Waals surface area contributed by atoms with Gasteiger partial charge < -0.3 is 10.5 Å². The average molecular weight is 307 g/mol. The molecule has 0 spiro atoms. The van der Waals surface area contributed by atoms with Gasteiger partial charge in [-0.25, -0.2) is 12.7 Å². The summed E-state index contributed by atoms with van der Waals surface area (Å²) in [5, 5.41) is 0. The van der Waals surface area contributed by atoms with Crippen LogP contribution in [0.5, 0.6) is 5.75 Å². The fourth-order valence-electron chi connectivity index (χ4n) is 2.07. The molecule has 0 bridgehead atoms. The molecule has 1 fully saturated rings. The highest BCUT2D eigenvalue weighted by Crippen LogP contribution is 2.19. The van der Waals surface area contributed by atoms with Crippen molar-refractivity contribution < 1.29 is 13.2 Å². The van der Waals surface area contributed by atoms with Gasteiger partial charge in [0.1, 0.15) is 5.75 Å². The number of nitrogens with zero attached hydrogens (tertiary/aromatic N) is 1. The van der Waals surface area contributed by atoms with Crippen LogP contribution < -0.4 is 10.5 Å². The zero-order valence-electron chi connectivity index (χ0n) is 10.8. The number of nitrogens with two attached hydrogens (primary N) is 1. The van der Waals surface area contributed by atoms with E-state index < -0.39 is 10.0 Å². The quantitative estimate of drug-likeness (QED) is 0.900. The number of rotatable bonds is 4. The van der Waals surface area contributed by atoms with Gasteiger partial charge in [0.2, 0.25) is 10.0 Å². The number of ether oxygens (including phenoxy) is 1. The first kappa shape index (κ1) is 16.2. The summed E-state index contributed by atoms with van der Waals surface area (Å²) in [6.45, 7) is 0.944. The van der Waals surface area contributed by atoms with Gasteiger partial charge in [-0.2, -0.15) is 0 Å². The number of halogens is 1. The molecule has 1 aliphatic heterocycles. The molecule has 1 aromatic carbocycles. The van der Waals surface area contributed by atoms with Gasteiger partial charge in [-0.15, -0.1) is 12.4 Å². The third-order valence-corrected chi connectivity index (χ3v) is 4.88. The second-order valence-corrected chi connectivity index (χ2v) is 6.48. The smallest absolute Gasteiger partial charge is 0.218 e. The maximum atomic E-state index is 12.2. The van der Waals surface area contributed by atoms with Crippen molar-refractivity contribution in [1.29, 1.82) is 0 Å². The molecule has 5 nitrogen and oxygen atoms in total. The molecule has 0 aromatic heterocycles. The molecule has 2 rings (SSSR count). The normalized spacial score (nSPS) is 20.0. The van der Waals surface area contributed by atoms with Gasteiger partial charge in [0.05, 0.1) is 12.9 Å². The molecule has 7 heteroatoms. The van der Waals surface area contributed by atoms with E-state index in [1.54, 1.807) is 31.4 Å². The van der Waals surface area contributed by atoms with E-state index in [4.69, 9.17) is 10.5 Å². The van der Waals surface area contributed by atoms with Crippen LogP contribution in [-0.2, 0) is 15.8 Å². The van der Waals surface area contributed by atoms with Gasteiger partial charge in [0, 0.05) is 19.1 Å². The van der Waals surface area contributed by atoms with E-state index in [0.717, 1.165) is 12.0 Å². The van der Waals surface area contributed by atoms with E-state index in [1.807, 2.05) is 0 Å². The summed E-state index contributed by atoms with van der Waals surface area (Å²) in [5.41, 5.74) is 6.47. The first-order valence-electron chi connectivity index (χ1n) is 5.87. The van der Waals surface area contributed by atoms with E-state index in [1.165, 1.54) is 4.31 Å². The predicted octanol–water partition coefficient (Wildman–Crippen LogP) is 0.980. The molecule has 1 aliphatic rings. The Morgan fingerprint density at radius 2 is 2.21 bits per heavy atom. The van der Waals surface area contributed by atoms with Crippen LogP contribution in [0, 0.1) is 0 Å². The van der Waals surface area contributed by atoms with Crippen molar-refractivity contribution in [2.24, 2.45) is 5.73 Å². The third-order valence-electron chi connectivity index (χ3n) is 3.06. The van der Waals surface area contributed by atoms with E-state index in [-0.39, 0.29) is 24.2 Å². The van der Waals surface area contributed by atoms with Crippen LogP contribution in [0.3, 0.4) is 0 Å². The standard InChI is InChI=1S/C12H18N2O3S.ClH/c1-17-12-4-2-3-10(7-12)9-18(15,16)14-6-5-11(13)8-14;/h2-4,7,11H,5-6,8-9,13H2,1H3;1H/t11-;/m1./s1. The summed E-state index contributed by atoms with van der Waals surface area (Å²) >= 11 is 0. The zero-order chi connectivity index (χ0) is 13.2. The summed E-state index contributed by atoms with van der Waals surface area (Å²) in [5.74, 6) is 0.664. The Kier molecular flexibility index (Phi) is 5.61. The Morgan fingerprint density at radius 1 is 1.47 bits per heavy atom. The molecular formula is C12H19ClN2O3S. The van der Waals surface area contributed by atoms with Gasteiger partial charge >= 0.3 is 0 Å². The van der Waals surface area contributed by atoms with E-state index in [9.17, 15) is 8.42 Å². The molecule has 1 atom stereocenters. The number of benzene rings is 1. The first-order chi connectivity index (χ1) is 8.51. The number of hydrogen-bond acceptors (Lipinski definition) is 4. The Hall–Kier alpha value is -0.820. The van der Waals surface area contributed by atoms with Crippen LogP contribution in [0.1, 0.15) is 12.0 Å². The molecule has 19 heavy (non-hydrogen) atoms. The zero-order valence-corrected chi connectivity index (χ0v) is 12.4. The molecule has 0 unspecified atom stereocenters.